The third-order valence-corrected chi connectivity index (χ3v) is 6.64. The summed E-state index contributed by atoms with van der Waals surface area (Å²) in [6.45, 7) is 1.51. The van der Waals surface area contributed by atoms with E-state index in [2.05, 4.69) is 0 Å². The number of hydrogen-bond acceptors (Lipinski definition) is 2. The molecule has 120 valence electrons. The molecule has 3 unspecified atom stereocenters. The lowest BCUT2D eigenvalue weighted by molar-refractivity contribution is -0.142. The van der Waals surface area contributed by atoms with Gasteiger partial charge in [-0.05, 0) is 49.9 Å². The monoisotopic (exact) mass is 292 g/mol. The van der Waals surface area contributed by atoms with Crippen molar-refractivity contribution in [2.75, 3.05) is 20.1 Å². The molecule has 3 aliphatic rings. The summed E-state index contributed by atoms with van der Waals surface area (Å²) < 4.78 is 0. The smallest absolute Gasteiger partial charge is 0.229 e. The molecule has 21 heavy (non-hydrogen) atoms. The zero-order valence-electron chi connectivity index (χ0n) is 13.7. The number of amides is 1. The Morgan fingerprint density at radius 2 is 1.86 bits per heavy atom. The standard InChI is InChI=1S/C18H32N2O/c1-20(12-16-11-14-6-7-15(16)10-14)17(21)18(13-19)8-4-2-3-5-9-18/h14-16H,2-13,19H2,1H3. The number of nitrogens with two attached hydrogens (primary N) is 1. The topological polar surface area (TPSA) is 46.3 Å². The zero-order valence-corrected chi connectivity index (χ0v) is 13.7. The number of nitrogens with zero attached hydrogens (tertiary/aromatic N) is 1. The predicted molar refractivity (Wildman–Crippen MR) is 85.8 cm³/mol. The van der Waals surface area contributed by atoms with Crippen LogP contribution in [0.1, 0.15) is 64.2 Å². The number of carbonyl (C=O) groups is 1. The summed E-state index contributed by atoms with van der Waals surface area (Å²) in [5, 5.41) is 0. The molecule has 2 bridgehead atoms. The van der Waals surface area contributed by atoms with Crippen LogP contribution in [0.15, 0.2) is 0 Å². The average Bonchev–Trinajstić information content (AvgIpc) is 3.02. The maximum atomic E-state index is 13.0. The van der Waals surface area contributed by atoms with E-state index in [1.54, 1.807) is 0 Å². The first kappa shape index (κ1) is 15.3. The maximum absolute atomic E-state index is 13.0. The molecule has 2 N–H and O–H groups in total. The lowest BCUT2D eigenvalue weighted by Crippen LogP contribution is -2.48. The van der Waals surface area contributed by atoms with E-state index >= 15 is 0 Å². The van der Waals surface area contributed by atoms with Gasteiger partial charge in [-0.3, -0.25) is 4.79 Å². The van der Waals surface area contributed by atoms with Crippen molar-refractivity contribution in [2.24, 2.45) is 28.9 Å². The summed E-state index contributed by atoms with van der Waals surface area (Å²) in [6.07, 6.45) is 12.5. The first-order valence-electron chi connectivity index (χ1n) is 9.10. The third kappa shape index (κ3) is 2.99. The molecule has 3 heteroatoms. The Bertz CT molecular complexity index is 373. The molecule has 3 saturated carbocycles. The van der Waals surface area contributed by atoms with Crippen molar-refractivity contribution in [3.05, 3.63) is 0 Å². The molecule has 0 aromatic heterocycles. The minimum Gasteiger partial charge on any atom is -0.345 e. The maximum Gasteiger partial charge on any atom is 0.229 e. The van der Waals surface area contributed by atoms with Crippen LogP contribution in [0.4, 0.5) is 0 Å². The van der Waals surface area contributed by atoms with Crippen molar-refractivity contribution in [2.45, 2.75) is 64.2 Å². The van der Waals surface area contributed by atoms with E-state index in [0.29, 0.717) is 12.5 Å². The van der Waals surface area contributed by atoms with E-state index in [9.17, 15) is 4.79 Å². The molecule has 0 saturated heterocycles. The molecule has 0 spiro atoms. The molecule has 0 aromatic rings. The second-order valence-electron chi connectivity index (χ2n) is 8.02. The molecule has 3 aliphatic carbocycles. The molecule has 3 nitrogen and oxygen atoms in total. The van der Waals surface area contributed by atoms with Crippen LogP contribution in [-0.4, -0.2) is 30.9 Å². The summed E-state index contributed by atoms with van der Waals surface area (Å²) in [5.41, 5.74) is 5.82. The van der Waals surface area contributed by atoms with Crippen molar-refractivity contribution in [1.29, 1.82) is 0 Å². The van der Waals surface area contributed by atoms with E-state index in [0.717, 1.165) is 37.1 Å². The molecule has 3 atom stereocenters. The summed E-state index contributed by atoms with van der Waals surface area (Å²) in [7, 11) is 2.02. The van der Waals surface area contributed by atoms with Gasteiger partial charge in [-0.25, -0.2) is 0 Å². The Morgan fingerprint density at radius 1 is 1.14 bits per heavy atom. The van der Waals surface area contributed by atoms with Crippen LogP contribution in [0, 0.1) is 23.2 Å². The number of hydrogen-bond donors (Lipinski definition) is 1. The average molecular weight is 292 g/mol. The first-order valence-corrected chi connectivity index (χ1v) is 9.10. The minimum atomic E-state index is -0.247. The highest BCUT2D eigenvalue weighted by molar-refractivity contribution is 5.82. The van der Waals surface area contributed by atoms with Gasteiger partial charge in [0.15, 0.2) is 0 Å². The van der Waals surface area contributed by atoms with Gasteiger partial charge in [-0.2, -0.15) is 0 Å². The van der Waals surface area contributed by atoms with Crippen LogP contribution in [0.2, 0.25) is 0 Å². The Kier molecular flexibility index (Phi) is 4.58. The van der Waals surface area contributed by atoms with Gasteiger partial charge in [-0.15, -0.1) is 0 Å². The summed E-state index contributed by atoms with van der Waals surface area (Å²) in [5.74, 6) is 2.96. The predicted octanol–water partition coefficient (Wildman–Crippen LogP) is 3.18. The highest BCUT2D eigenvalue weighted by Gasteiger charge is 2.43. The van der Waals surface area contributed by atoms with E-state index in [-0.39, 0.29) is 5.41 Å². The van der Waals surface area contributed by atoms with Gasteiger partial charge in [0.1, 0.15) is 0 Å². The van der Waals surface area contributed by atoms with Gasteiger partial charge in [0.05, 0.1) is 5.41 Å². The van der Waals surface area contributed by atoms with Gasteiger partial charge in [0.2, 0.25) is 5.91 Å². The molecule has 0 heterocycles. The van der Waals surface area contributed by atoms with Gasteiger partial charge >= 0.3 is 0 Å². The Labute approximate surface area is 129 Å². The van der Waals surface area contributed by atoms with Crippen LogP contribution in [0.25, 0.3) is 0 Å². The molecule has 3 fully saturated rings. The Morgan fingerprint density at radius 3 is 2.38 bits per heavy atom. The normalized spacial score (nSPS) is 34.7. The quantitative estimate of drug-likeness (QED) is 0.809. The molecular weight excluding hydrogens is 260 g/mol. The third-order valence-electron chi connectivity index (χ3n) is 6.64. The van der Waals surface area contributed by atoms with E-state index < -0.39 is 0 Å². The number of rotatable bonds is 4. The molecular formula is C18H32N2O. The highest BCUT2D eigenvalue weighted by Crippen LogP contribution is 2.48. The molecule has 0 radical (unpaired) electrons. The fourth-order valence-corrected chi connectivity index (χ4v) is 5.35. The largest absolute Gasteiger partial charge is 0.345 e. The molecule has 0 aliphatic heterocycles. The summed E-state index contributed by atoms with van der Waals surface area (Å²) >= 11 is 0. The summed E-state index contributed by atoms with van der Waals surface area (Å²) in [6, 6.07) is 0. The van der Waals surface area contributed by atoms with Crippen molar-refractivity contribution in [1.82, 2.24) is 4.90 Å². The second-order valence-corrected chi connectivity index (χ2v) is 8.02. The van der Waals surface area contributed by atoms with Crippen molar-refractivity contribution < 1.29 is 4.79 Å². The Hall–Kier alpha value is -0.570. The Balaban J connectivity index is 1.62. The lowest BCUT2D eigenvalue weighted by Gasteiger charge is -2.36. The van der Waals surface area contributed by atoms with Gasteiger partial charge in [-0.1, -0.05) is 32.1 Å². The fraction of sp³-hybridized carbons (Fsp3) is 0.944. The van der Waals surface area contributed by atoms with E-state index in [1.807, 2.05) is 11.9 Å². The van der Waals surface area contributed by atoms with Crippen LogP contribution in [-0.2, 0) is 4.79 Å². The number of carbonyl (C=O) groups excluding carboxylic acids is 1. The van der Waals surface area contributed by atoms with Crippen molar-refractivity contribution >= 4 is 5.91 Å². The van der Waals surface area contributed by atoms with Crippen LogP contribution in [0.5, 0.6) is 0 Å². The molecule has 3 rings (SSSR count). The molecule has 1 amide bonds. The SMILES string of the molecule is CN(CC1CC2CCC1C2)C(=O)C1(CN)CCCCCC1. The van der Waals surface area contributed by atoms with Crippen LogP contribution in [0.3, 0.4) is 0 Å². The highest BCUT2D eigenvalue weighted by atomic mass is 16.2. The molecule has 0 aromatic carbocycles. The summed E-state index contributed by atoms with van der Waals surface area (Å²) in [4.78, 5) is 15.1. The number of fused-ring (bicyclic) bond motifs is 2. The van der Waals surface area contributed by atoms with Gasteiger partial charge in [0.25, 0.3) is 0 Å². The first-order chi connectivity index (χ1) is 10.1. The van der Waals surface area contributed by atoms with Crippen LogP contribution < -0.4 is 5.73 Å². The van der Waals surface area contributed by atoms with Crippen molar-refractivity contribution in [3.63, 3.8) is 0 Å². The van der Waals surface area contributed by atoms with Gasteiger partial charge in [0, 0.05) is 20.1 Å². The fourth-order valence-electron chi connectivity index (χ4n) is 5.35. The second kappa shape index (κ2) is 6.28. The van der Waals surface area contributed by atoms with Crippen LogP contribution >= 0.6 is 0 Å². The van der Waals surface area contributed by atoms with Crippen molar-refractivity contribution in [3.8, 4) is 0 Å². The minimum absolute atomic E-state index is 0.247. The lowest BCUT2D eigenvalue weighted by atomic mass is 9.78. The van der Waals surface area contributed by atoms with E-state index in [4.69, 9.17) is 5.73 Å². The zero-order chi connectivity index (χ0) is 14.9. The van der Waals surface area contributed by atoms with E-state index in [1.165, 1.54) is 51.4 Å². The van der Waals surface area contributed by atoms with Gasteiger partial charge < -0.3 is 10.6 Å².